The van der Waals surface area contributed by atoms with Crippen molar-refractivity contribution in [1.29, 1.82) is 0 Å². The van der Waals surface area contributed by atoms with Gasteiger partial charge in [0, 0.05) is 6.21 Å². The number of aliphatic imine (C=N–C) groups is 1. The van der Waals surface area contributed by atoms with Gasteiger partial charge in [-0.1, -0.05) is 0 Å². The Morgan fingerprint density at radius 1 is 1.90 bits per heavy atom. The van der Waals surface area contributed by atoms with E-state index < -0.39 is 6.23 Å². The highest BCUT2D eigenvalue weighted by atomic mass is 79.9. The van der Waals surface area contributed by atoms with Crippen LogP contribution < -0.4 is 0 Å². The highest BCUT2D eigenvalue weighted by Gasteiger charge is 2.13. The number of aliphatic hydroxyl groups is 1. The molecule has 1 aliphatic heterocycles. The van der Waals surface area contributed by atoms with Crippen LogP contribution in [-0.4, -0.2) is 24.7 Å². The average molecular weight is 206 g/mol. The molecule has 0 aromatic heterocycles. The number of nitrogens with zero attached hydrogens (tertiary/aromatic N) is 1. The van der Waals surface area contributed by atoms with E-state index in [1.54, 1.807) is 13.3 Å². The third-order valence-corrected chi connectivity index (χ3v) is 1.89. The molecule has 1 unspecified atom stereocenters. The lowest BCUT2D eigenvalue weighted by Gasteiger charge is -2.13. The summed E-state index contributed by atoms with van der Waals surface area (Å²) in [5.41, 5.74) is 0. The smallest absolute Gasteiger partial charge is 0.152 e. The summed E-state index contributed by atoms with van der Waals surface area (Å²) in [6, 6.07) is 0. The van der Waals surface area contributed by atoms with Gasteiger partial charge in [-0.25, -0.2) is 0 Å². The summed E-state index contributed by atoms with van der Waals surface area (Å²) in [6.07, 6.45) is 1.36. The normalized spacial score (nSPS) is 25.3. The fourth-order valence-corrected chi connectivity index (χ4v) is 1.16. The molecule has 0 aromatic rings. The standard InChI is InChI=1S/C6H8BrNO2/c1-10-5-2-6(9)8-3-4(5)7/h3,6,9H,2H2,1H3. The molecule has 10 heavy (non-hydrogen) atoms. The Hall–Kier alpha value is -0.350. The molecule has 0 fully saturated rings. The number of halogens is 1. The summed E-state index contributed by atoms with van der Waals surface area (Å²) >= 11 is 3.24. The molecule has 1 atom stereocenters. The molecular weight excluding hydrogens is 198 g/mol. The number of ether oxygens (including phenoxy) is 1. The minimum atomic E-state index is -0.642. The Kier molecular flexibility index (Phi) is 2.45. The largest absolute Gasteiger partial charge is 0.500 e. The summed E-state index contributed by atoms with van der Waals surface area (Å²) in [4.78, 5) is 3.75. The van der Waals surface area contributed by atoms with Crippen molar-refractivity contribution in [3.05, 3.63) is 10.2 Å². The Balaban J connectivity index is 2.74. The lowest BCUT2D eigenvalue weighted by atomic mass is 10.2. The predicted octanol–water partition coefficient (Wildman–Crippen LogP) is 1.03. The molecule has 4 heteroatoms. The van der Waals surface area contributed by atoms with Gasteiger partial charge in [0.25, 0.3) is 0 Å². The highest BCUT2D eigenvalue weighted by Crippen LogP contribution is 2.20. The molecule has 1 rings (SSSR count). The van der Waals surface area contributed by atoms with E-state index in [-0.39, 0.29) is 0 Å². The molecule has 1 aliphatic rings. The van der Waals surface area contributed by atoms with Crippen LogP contribution in [0, 0.1) is 0 Å². The van der Waals surface area contributed by atoms with E-state index in [2.05, 4.69) is 20.9 Å². The summed E-state index contributed by atoms with van der Waals surface area (Å²) in [5, 5.41) is 9.00. The number of rotatable bonds is 1. The van der Waals surface area contributed by atoms with Crippen molar-refractivity contribution < 1.29 is 9.84 Å². The summed E-state index contributed by atoms with van der Waals surface area (Å²) in [7, 11) is 1.57. The van der Waals surface area contributed by atoms with Gasteiger partial charge in [0.1, 0.15) is 5.76 Å². The van der Waals surface area contributed by atoms with Crippen molar-refractivity contribution in [3.63, 3.8) is 0 Å². The van der Waals surface area contributed by atoms with Crippen LogP contribution >= 0.6 is 15.9 Å². The van der Waals surface area contributed by atoms with Gasteiger partial charge in [-0.05, 0) is 15.9 Å². The van der Waals surface area contributed by atoms with Gasteiger partial charge in [-0.2, -0.15) is 0 Å². The molecule has 56 valence electrons. The zero-order chi connectivity index (χ0) is 7.56. The van der Waals surface area contributed by atoms with E-state index in [0.29, 0.717) is 6.42 Å². The molecule has 0 saturated heterocycles. The first-order chi connectivity index (χ1) is 4.74. The van der Waals surface area contributed by atoms with Gasteiger partial charge in [0.05, 0.1) is 18.0 Å². The third-order valence-electron chi connectivity index (χ3n) is 1.24. The minimum Gasteiger partial charge on any atom is -0.500 e. The lowest BCUT2D eigenvalue weighted by Crippen LogP contribution is -2.11. The van der Waals surface area contributed by atoms with Crippen molar-refractivity contribution in [2.75, 3.05) is 7.11 Å². The second kappa shape index (κ2) is 3.16. The van der Waals surface area contributed by atoms with Gasteiger partial charge in [-0.15, -0.1) is 0 Å². The molecule has 1 N–H and O–H groups in total. The van der Waals surface area contributed by atoms with Crippen LogP contribution in [0.4, 0.5) is 0 Å². The summed E-state index contributed by atoms with van der Waals surface area (Å²) in [5.74, 6) is 0.738. The van der Waals surface area contributed by atoms with Crippen LogP contribution in [-0.2, 0) is 4.74 Å². The molecule has 0 bridgehead atoms. The fourth-order valence-electron chi connectivity index (χ4n) is 0.720. The molecular formula is C6H8BrNO2. The third kappa shape index (κ3) is 1.58. The monoisotopic (exact) mass is 205 g/mol. The van der Waals surface area contributed by atoms with Crippen LogP contribution in [0.5, 0.6) is 0 Å². The number of dihydropyridines is 1. The molecule has 0 saturated carbocycles. The maximum atomic E-state index is 9.00. The lowest BCUT2D eigenvalue weighted by molar-refractivity contribution is 0.153. The van der Waals surface area contributed by atoms with E-state index in [4.69, 9.17) is 9.84 Å². The molecule has 3 nitrogen and oxygen atoms in total. The Morgan fingerprint density at radius 2 is 2.60 bits per heavy atom. The first kappa shape index (κ1) is 7.75. The second-order valence-electron chi connectivity index (χ2n) is 1.94. The molecule has 0 spiro atoms. The average Bonchev–Trinajstić information content (AvgIpc) is 1.94. The Labute approximate surface area is 67.5 Å². The fraction of sp³-hybridized carbons (Fsp3) is 0.500. The van der Waals surface area contributed by atoms with Gasteiger partial charge in [0.2, 0.25) is 0 Å². The number of allylic oxidation sites excluding steroid dienone is 1. The van der Waals surface area contributed by atoms with Crippen molar-refractivity contribution in [1.82, 2.24) is 0 Å². The van der Waals surface area contributed by atoms with Gasteiger partial charge < -0.3 is 9.84 Å². The van der Waals surface area contributed by atoms with Gasteiger partial charge >= 0.3 is 0 Å². The maximum Gasteiger partial charge on any atom is 0.152 e. The Morgan fingerprint density at radius 3 is 3.10 bits per heavy atom. The van der Waals surface area contributed by atoms with Crippen molar-refractivity contribution in [3.8, 4) is 0 Å². The van der Waals surface area contributed by atoms with Gasteiger partial charge in [-0.3, -0.25) is 4.99 Å². The van der Waals surface area contributed by atoms with Crippen LogP contribution in [0.3, 0.4) is 0 Å². The van der Waals surface area contributed by atoms with Crippen molar-refractivity contribution in [2.45, 2.75) is 12.6 Å². The van der Waals surface area contributed by atoms with Gasteiger partial charge in [0.15, 0.2) is 6.23 Å². The number of methoxy groups -OCH3 is 1. The molecule has 0 aliphatic carbocycles. The minimum absolute atomic E-state index is 0.452. The predicted molar refractivity (Wildman–Crippen MR) is 42.1 cm³/mol. The van der Waals surface area contributed by atoms with E-state index in [1.807, 2.05) is 0 Å². The first-order valence-corrected chi connectivity index (χ1v) is 3.67. The quantitative estimate of drug-likeness (QED) is 0.696. The summed E-state index contributed by atoms with van der Waals surface area (Å²) in [6.45, 7) is 0. The summed E-state index contributed by atoms with van der Waals surface area (Å²) < 4.78 is 5.76. The zero-order valence-electron chi connectivity index (χ0n) is 5.54. The van der Waals surface area contributed by atoms with Crippen molar-refractivity contribution in [2.24, 2.45) is 4.99 Å². The molecule has 1 heterocycles. The van der Waals surface area contributed by atoms with Crippen LogP contribution in [0.15, 0.2) is 15.2 Å². The Bertz CT molecular complexity index is 188. The number of aliphatic hydroxyl groups excluding tert-OH is 1. The molecule has 0 amide bonds. The molecule has 0 aromatic carbocycles. The number of hydrogen-bond donors (Lipinski definition) is 1. The zero-order valence-corrected chi connectivity index (χ0v) is 7.13. The van der Waals surface area contributed by atoms with Crippen LogP contribution in [0.2, 0.25) is 0 Å². The van der Waals surface area contributed by atoms with E-state index >= 15 is 0 Å². The van der Waals surface area contributed by atoms with E-state index in [9.17, 15) is 0 Å². The van der Waals surface area contributed by atoms with Crippen LogP contribution in [0.25, 0.3) is 0 Å². The molecule has 0 radical (unpaired) electrons. The SMILES string of the molecule is COC1=C(Br)C=NC(O)C1. The second-order valence-corrected chi connectivity index (χ2v) is 2.79. The van der Waals surface area contributed by atoms with E-state index in [0.717, 1.165) is 10.2 Å². The highest BCUT2D eigenvalue weighted by molar-refractivity contribution is 9.12. The van der Waals surface area contributed by atoms with Crippen molar-refractivity contribution >= 4 is 22.1 Å². The maximum absolute atomic E-state index is 9.00. The first-order valence-electron chi connectivity index (χ1n) is 2.88. The number of hydrogen-bond acceptors (Lipinski definition) is 3. The topological polar surface area (TPSA) is 41.8 Å². The van der Waals surface area contributed by atoms with E-state index in [1.165, 1.54) is 0 Å². The van der Waals surface area contributed by atoms with Crippen LogP contribution in [0.1, 0.15) is 6.42 Å².